The zero-order valence-corrected chi connectivity index (χ0v) is 11.0. The van der Waals surface area contributed by atoms with Gasteiger partial charge in [-0.15, -0.1) is 0 Å². The van der Waals surface area contributed by atoms with Crippen molar-refractivity contribution in [2.45, 2.75) is 20.4 Å². The second-order valence-electron chi connectivity index (χ2n) is 4.36. The first-order chi connectivity index (χ1) is 8.56. The van der Waals surface area contributed by atoms with Crippen LogP contribution in [0.4, 0.5) is 10.5 Å². The van der Waals surface area contributed by atoms with Crippen molar-refractivity contribution < 1.29 is 14.3 Å². The Labute approximate surface area is 107 Å². The number of nitrogens with two attached hydrogens (primary N) is 1. The summed E-state index contributed by atoms with van der Waals surface area (Å²) >= 11 is 0. The minimum atomic E-state index is -0.484. The van der Waals surface area contributed by atoms with Gasteiger partial charge in [0.1, 0.15) is 5.75 Å². The molecular weight excluding hydrogens is 232 g/mol. The molecule has 0 aromatic heterocycles. The van der Waals surface area contributed by atoms with Crippen molar-refractivity contribution in [2.24, 2.45) is 11.7 Å². The first kappa shape index (κ1) is 14.3. The van der Waals surface area contributed by atoms with Gasteiger partial charge < -0.3 is 15.2 Å². The number of ether oxygens (including phenoxy) is 2. The van der Waals surface area contributed by atoms with Crippen LogP contribution in [0.2, 0.25) is 0 Å². The topological polar surface area (TPSA) is 73.6 Å². The third-order valence-electron chi connectivity index (χ3n) is 2.29. The summed E-state index contributed by atoms with van der Waals surface area (Å²) in [6.45, 7) is 4.76. The normalized spacial score (nSPS) is 10.3. The van der Waals surface area contributed by atoms with Gasteiger partial charge in [0.2, 0.25) is 0 Å². The maximum Gasteiger partial charge on any atom is 0.411 e. The van der Waals surface area contributed by atoms with Crippen molar-refractivity contribution in [1.29, 1.82) is 0 Å². The summed E-state index contributed by atoms with van der Waals surface area (Å²) in [6, 6.07) is 5.37. The lowest BCUT2D eigenvalue weighted by molar-refractivity contribution is 0.147. The summed E-state index contributed by atoms with van der Waals surface area (Å²) in [7, 11) is 1.54. The van der Waals surface area contributed by atoms with Crippen LogP contribution >= 0.6 is 0 Å². The predicted octanol–water partition coefficient (Wildman–Crippen LogP) is 2.36. The highest BCUT2D eigenvalue weighted by molar-refractivity contribution is 5.86. The molecule has 0 bridgehead atoms. The molecule has 0 saturated carbocycles. The van der Waals surface area contributed by atoms with E-state index in [1.807, 2.05) is 19.9 Å². The maximum absolute atomic E-state index is 11.5. The number of rotatable bonds is 5. The number of benzene rings is 1. The van der Waals surface area contributed by atoms with E-state index in [4.69, 9.17) is 15.2 Å². The van der Waals surface area contributed by atoms with Crippen molar-refractivity contribution in [3.63, 3.8) is 0 Å². The molecule has 3 N–H and O–H groups in total. The zero-order chi connectivity index (χ0) is 13.5. The minimum absolute atomic E-state index is 0.303. The molecule has 0 radical (unpaired) electrons. The lowest BCUT2D eigenvalue weighted by Gasteiger charge is -2.12. The van der Waals surface area contributed by atoms with E-state index in [9.17, 15) is 4.79 Å². The van der Waals surface area contributed by atoms with Gasteiger partial charge >= 0.3 is 6.09 Å². The van der Waals surface area contributed by atoms with Crippen LogP contribution in [0, 0.1) is 5.92 Å². The molecule has 1 rings (SSSR count). The average Bonchev–Trinajstić information content (AvgIpc) is 2.36. The standard InChI is InChI=1S/C13H20N2O3/c1-9(2)8-18-13(16)15-11-5-4-10(7-14)6-12(11)17-3/h4-6,9H,7-8,14H2,1-3H3,(H,15,16). The average molecular weight is 252 g/mol. The zero-order valence-electron chi connectivity index (χ0n) is 11.0. The molecule has 0 aliphatic heterocycles. The van der Waals surface area contributed by atoms with Gasteiger partial charge in [0, 0.05) is 6.54 Å². The van der Waals surface area contributed by atoms with Crippen LogP contribution in [-0.4, -0.2) is 19.8 Å². The third kappa shape index (κ3) is 4.25. The summed E-state index contributed by atoms with van der Waals surface area (Å²) in [5, 5.41) is 2.64. The minimum Gasteiger partial charge on any atom is -0.495 e. The van der Waals surface area contributed by atoms with Crippen molar-refractivity contribution in [1.82, 2.24) is 0 Å². The van der Waals surface area contributed by atoms with Gasteiger partial charge in [0.25, 0.3) is 0 Å². The van der Waals surface area contributed by atoms with E-state index in [-0.39, 0.29) is 0 Å². The highest BCUT2D eigenvalue weighted by atomic mass is 16.5. The van der Waals surface area contributed by atoms with Gasteiger partial charge in [-0.05, 0) is 23.6 Å². The van der Waals surface area contributed by atoms with Gasteiger partial charge in [-0.3, -0.25) is 5.32 Å². The number of anilines is 1. The molecule has 0 atom stereocenters. The Morgan fingerprint density at radius 2 is 2.17 bits per heavy atom. The van der Waals surface area contributed by atoms with Gasteiger partial charge in [-0.2, -0.15) is 0 Å². The second-order valence-corrected chi connectivity index (χ2v) is 4.36. The summed E-state index contributed by atoms with van der Waals surface area (Å²) < 4.78 is 10.2. The van der Waals surface area contributed by atoms with Crippen LogP contribution in [0.5, 0.6) is 5.75 Å². The molecule has 0 unspecified atom stereocenters. The van der Waals surface area contributed by atoms with Crippen LogP contribution < -0.4 is 15.8 Å². The first-order valence-corrected chi connectivity index (χ1v) is 5.87. The molecule has 1 aromatic rings. The lowest BCUT2D eigenvalue weighted by atomic mass is 10.2. The number of nitrogens with one attached hydrogen (secondary N) is 1. The predicted molar refractivity (Wildman–Crippen MR) is 70.7 cm³/mol. The van der Waals surface area contributed by atoms with Crippen LogP contribution in [0.3, 0.4) is 0 Å². The maximum atomic E-state index is 11.5. The van der Waals surface area contributed by atoms with Gasteiger partial charge in [0.15, 0.2) is 0 Å². The van der Waals surface area contributed by atoms with E-state index in [1.54, 1.807) is 19.2 Å². The molecule has 0 spiro atoms. The van der Waals surface area contributed by atoms with Crippen LogP contribution in [-0.2, 0) is 11.3 Å². The number of hydrogen-bond donors (Lipinski definition) is 2. The van der Waals surface area contributed by atoms with E-state index in [2.05, 4.69) is 5.32 Å². The first-order valence-electron chi connectivity index (χ1n) is 5.87. The molecule has 5 nitrogen and oxygen atoms in total. The molecule has 1 amide bonds. The molecule has 0 heterocycles. The Hall–Kier alpha value is -1.75. The SMILES string of the molecule is COc1cc(CN)ccc1NC(=O)OCC(C)C. The fourth-order valence-electron chi connectivity index (χ4n) is 1.35. The molecule has 0 fully saturated rings. The van der Waals surface area contributed by atoms with Crippen molar-refractivity contribution in [2.75, 3.05) is 19.0 Å². The molecule has 0 saturated heterocycles. The van der Waals surface area contributed by atoms with Crippen molar-refractivity contribution >= 4 is 11.8 Å². The molecule has 0 aliphatic rings. The summed E-state index contributed by atoms with van der Waals surface area (Å²) in [5.74, 6) is 0.872. The fourth-order valence-corrected chi connectivity index (χ4v) is 1.35. The van der Waals surface area contributed by atoms with E-state index < -0.39 is 6.09 Å². The van der Waals surface area contributed by atoms with Crippen LogP contribution in [0.1, 0.15) is 19.4 Å². The smallest absolute Gasteiger partial charge is 0.411 e. The molecule has 18 heavy (non-hydrogen) atoms. The summed E-state index contributed by atoms with van der Waals surface area (Å²) in [6.07, 6.45) is -0.484. The van der Waals surface area contributed by atoms with Crippen molar-refractivity contribution in [3.8, 4) is 5.75 Å². The monoisotopic (exact) mass is 252 g/mol. The lowest BCUT2D eigenvalue weighted by Crippen LogP contribution is -2.17. The quantitative estimate of drug-likeness (QED) is 0.843. The number of carbonyl (C=O) groups is 1. The Morgan fingerprint density at radius 1 is 1.44 bits per heavy atom. The highest BCUT2D eigenvalue weighted by Gasteiger charge is 2.09. The van der Waals surface area contributed by atoms with E-state index in [0.29, 0.717) is 30.5 Å². The van der Waals surface area contributed by atoms with Gasteiger partial charge in [0.05, 0.1) is 19.4 Å². The van der Waals surface area contributed by atoms with Crippen LogP contribution in [0.15, 0.2) is 18.2 Å². The Kier molecular flexibility index (Phi) is 5.45. The number of hydrogen-bond acceptors (Lipinski definition) is 4. The Bertz CT molecular complexity index is 405. The van der Waals surface area contributed by atoms with Gasteiger partial charge in [-0.1, -0.05) is 19.9 Å². The molecular formula is C13H20N2O3. The molecule has 5 heteroatoms. The van der Waals surface area contributed by atoms with Gasteiger partial charge in [-0.25, -0.2) is 4.79 Å². The van der Waals surface area contributed by atoms with Crippen LogP contribution in [0.25, 0.3) is 0 Å². The van der Waals surface area contributed by atoms with E-state index in [1.165, 1.54) is 0 Å². The molecule has 1 aromatic carbocycles. The fraction of sp³-hybridized carbons (Fsp3) is 0.462. The molecule has 0 aliphatic carbocycles. The third-order valence-corrected chi connectivity index (χ3v) is 2.29. The van der Waals surface area contributed by atoms with Crippen molar-refractivity contribution in [3.05, 3.63) is 23.8 Å². The number of amides is 1. The van der Waals surface area contributed by atoms with E-state index in [0.717, 1.165) is 5.56 Å². The largest absolute Gasteiger partial charge is 0.495 e. The number of methoxy groups -OCH3 is 1. The van der Waals surface area contributed by atoms with E-state index >= 15 is 0 Å². The molecule has 100 valence electrons. The second kappa shape index (κ2) is 6.86. The highest BCUT2D eigenvalue weighted by Crippen LogP contribution is 2.25. The Balaban J connectivity index is 2.68. The summed E-state index contributed by atoms with van der Waals surface area (Å²) in [4.78, 5) is 11.5. The number of carbonyl (C=O) groups excluding carboxylic acids is 1. The Morgan fingerprint density at radius 3 is 2.72 bits per heavy atom. The summed E-state index contributed by atoms with van der Waals surface area (Å²) in [5.41, 5.74) is 7.05.